The molecule has 7 heteroatoms. The van der Waals surface area contributed by atoms with Gasteiger partial charge >= 0.3 is 5.97 Å². The second kappa shape index (κ2) is 5.56. The van der Waals surface area contributed by atoms with E-state index in [1.165, 1.54) is 0 Å². The van der Waals surface area contributed by atoms with Gasteiger partial charge in [-0.2, -0.15) is 0 Å². The van der Waals surface area contributed by atoms with Gasteiger partial charge in [-0.1, -0.05) is 0 Å². The van der Waals surface area contributed by atoms with Crippen LogP contribution in [-0.4, -0.2) is 59.5 Å². The molecule has 2 saturated heterocycles. The van der Waals surface area contributed by atoms with E-state index >= 15 is 0 Å². The molecule has 7 nitrogen and oxygen atoms in total. The summed E-state index contributed by atoms with van der Waals surface area (Å²) in [6.45, 7) is 2.77. The molecule has 0 radical (unpaired) electrons. The number of hydrogen-bond donors (Lipinski definition) is 3. The van der Waals surface area contributed by atoms with Crippen LogP contribution in [0.5, 0.6) is 0 Å². The van der Waals surface area contributed by atoms with E-state index in [4.69, 9.17) is 5.11 Å². The number of hydrogen-bond acceptors (Lipinski definition) is 4. The van der Waals surface area contributed by atoms with E-state index in [-0.39, 0.29) is 30.3 Å². The molecule has 0 aromatic rings. The monoisotopic (exact) mass is 269 g/mol. The molecule has 19 heavy (non-hydrogen) atoms. The lowest BCUT2D eigenvalue weighted by Crippen LogP contribution is -2.60. The summed E-state index contributed by atoms with van der Waals surface area (Å²) in [5.74, 6) is -1.32. The van der Waals surface area contributed by atoms with Crippen molar-refractivity contribution in [1.29, 1.82) is 0 Å². The average Bonchev–Trinajstić information content (AvgIpc) is 2.38. The van der Waals surface area contributed by atoms with Crippen LogP contribution < -0.4 is 10.6 Å². The van der Waals surface area contributed by atoms with E-state index in [0.717, 1.165) is 0 Å². The first-order valence-corrected chi connectivity index (χ1v) is 6.52. The zero-order chi connectivity index (χ0) is 14.0. The lowest BCUT2D eigenvalue weighted by molar-refractivity contribution is -0.148. The maximum absolute atomic E-state index is 12.3. The van der Waals surface area contributed by atoms with Crippen molar-refractivity contribution in [3.63, 3.8) is 0 Å². The highest BCUT2D eigenvalue weighted by molar-refractivity contribution is 5.87. The number of piperazine rings is 1. The molecule has 0 saturated carbocycles. The highest BCUT2D eigenvalue weighted by atomic mass is 16.4. The lowest BCUT2D eigenvalue weighted by atomic mass is 9.91. The third-order valence-corrected chi connectivity index (χ3v) is 3.82. The molecule has 2 fully saturated rings. The summed E-state index contributed by atoms with van der Waals surface area (Å²) in [7, 11) is 0. The Morgan fingerprint density at radius 2 is 2.16 bits per heavy atom. The fourth-order valence-electron chi connectivity index (χ4n) is 2.67. The molecule has 0 bridgehead atoms. The number of likely N-dealkylation sites (tertiary alicyclic amines) is 1. The van der Waals surface area contributed by atoms with E-state index in [1.807, 2.05) is 6.92 Å². The summed E-state index contributed by atoms with van der Waals surface area (Å²) in [4.78, 5) is 36.0. The molecular formula is C12H19N3O4. The van der Waals surface area contributed by atoms with Crippen LogP contribution in [0.4, 0.5) is 0 Å². The standard InChI is InChI=1S/C12H19N3O4/c1-7-4-8(12(18)19)2-3-15(7)11(17)9-5-14-10(16)6-13-9/h7-9,13H,2-6H2,1H3,(H,14,16)(H,18,19). The first-order chi connectivity index (χ1) is 8.99. The molecule has 0 aromatic carbocycles. The Kier molecular flexibility index (Phi) is 4.04. The highest BCUT2D eigenvalue weighted by Crippen LogP contribution is 2.23. The summed E-state index contributed by atoms with van der Waals surface area (Å²) in [6, 6.07) is -0.483. The number of piperidine rings is 1. The van der Waals surface area contributed by atoms with Crippen molar-refractivity contribution >= 4 is 17.8 Å². The first kappa shape index (κ1) is 13.8. The lowest BCUT2D eigenvalue weighted by Gasteiger charge is -2.39. The molecule has 3 atom stereocenters. The van der Waals surface area contributed by atoms with Gasteiger partial charge < -0.3 is 15.3 Å². The fraction of sp³-hybridized carbons (Fsp3) is 0.750. The summed E-state index contributed by atoms with van der Waals surface area (Å²) in [5.41, 5.74) is 0. The molecule has 2 aliphatic heterocycles. The number of carboxylic acid groups (broad SMARTS) is 1. The van der Waals surface area contributed by atoms with E-state index in [1.54, 1.807) is 4.90 Å². The van der Waals surface area contributed by atoms with Gasteiger partial charge in [0.15, 0.2) is 0 Å². The van der Waals surface area contributed by atoms with E-state index in [0.29, 0.717) is 25.9 Å². The minimum Gasteiger partial charge on any atom is -0.481 e. The van der Waals surface area contributed by atoms with E-state index in [2.05, 4.69) is 10.6 Å². The summed E-state index contributed by atoms with van der Waals surface area (Å²) in [5, 5.41) is 14.5. The van der Waals surface area contributed by atoms with Gasteiger partial charge in [0, 0.05) is 19.1 Å². The predicted molar refractivity (Wildman–Crippen MR) is 66.3 cm³/mol. The summed E-state index contributed by atoms with van der Waals surface area (Å²) in [6.07, 6.45) is 0.977. The van der Waals surface area contributed by atoms with Gasteiger partial charge in [-0.25, -0.2) is 0 Å². The second-order valence-electron chi connectivity index (χ2n) is 5.18. The van der Waals surface area contributed by atoms with Gasteiger partial charge in [-0.15, -0.1) is 0 Å². The third-order valence-electron chi connectivity index (χ3n) is 3.82. The molecule has 2 rings (SSSR count). The summed E-state index contributed by atoms with van der Waals surface area (Å²) >= 11 is 0. The Labute approximate surface area is 111 Å². The number of nitrogens with zero attached hydrogens (tertiary/aromatic N) is 1. The van der Waals surface area contributed by atoms with Gasteiger partial charge in [0.05, 0.1) is 12.5 Å². The molecule has 0 aliphatic carbocycles. The van der Waals surface area contributed by atoms with Crippen molar-refractivity contribution in [3.05, 3.63) is 0 Å². The van der Waals surface area contributed by atoms with Crippen LogP contribution in [0.1, 0.15) is 19.8 Å². The zero-order valence-electron chi connectivity index (χ0n) is 10.9. The van der Waals surface area contributed by atoms with E-state index in [9.17, 15) is 14.4 Å². The number of carboxylic acids is 1. The third kappa shape index (κ3) is 3.04. The van der Waals surface area contributed by atoms with Crippen LogP contribution in [0.15, 0.2) is 0 Å². The van der Waals surface area contributed by atoms with Crippen molar-refractivity contribution in [1.82, 2.24) is 15.5 Å². The molecule has 2 amide bonds. The Balaban J connectivity index is 1.93. The molecule has 3 N–H and O–H groups in total. The Hall–Kier alpha value is -1.63. The molecule has 3 unspecified atom stereocenters. The number of carbonyl (C=O) groups excluding carboxylic acids is 2. The average molecular weight is 269 g/mol. The molecule has 0 spiro atoms. The van der Waals surface area contributed by atoms with E-state index < -0.39 is 12.0 Å². The number of carbonyl (C=O) groups is 3. The minimum atomic E-state index is -0.790. The van der Waals surface area contributed by atoms with Gasteiger partial charge in [0.25, 0.3) is 0 Å². The second-order valence-corrected chi connectivity index (χ2v) is 5.18. The van der Waals surface area contributed by atoms with Crippen molar-refractivity contribution in [3.8, 4) is 0 Å². The van der Waals surface area contributed by atoms with Crippen LogP contribution in [0, 0.1) is 5.92 Å². The van der Waals surface area contributed by atoms with Crippen molar-refractivity contribution in [2.45, 2.75) is 31.8 Å². The largest absolute Gasteiger partial charge is 0.481 e. The van der Waals surface area contributed by atoms with Gasteiger partial charge in [0.2, 0.25) is 11.8 Å². The smallest absolute Gasteiger partial charge is 0.306 e. The molecule has 2 aliphatic rings. The molecule has 2 heterocycles. The normalized spacial score (nSPS) is 31.7. The highest BCUT2D eigenvalue weighted by Gasteiger charge is 2.35. The summed E-state index contributed by atoms with van der Waals surface area (Å²) < 4.78 is 0. The Bertz CT molecular complexity index is 388. The van der Waals surface area contributed by atoms with Crippen LogP contribution in [0.3, 0.4) is 0 Å². The van der Waals surface area contributed by atoms with Crippen molar-refractivity contribution in [2.24, 2.45) is 5.92 Å². The number of aliphatic carboxylic acids is 1. The molecule has 0 aromatic heterocycles. The SMILES string of the molecule is CC1CC(C(=O)O)CCN1C(=O)C1CNC(=O)CN1. The van der Waals surface area contributed by atoms with Crippen LogP contribution in [0.2, 0.25) is 0 Å². The number of nitrogens with one attached hydrogen (secondary N) is 2. The number of rotatable bonds is 2. The van der Waals surface area contributed by atoms with Crippen LogP contribution in [0.25, 0.3) is 0 Å². The topological polar surface area (TPSA) is 98.7 Å². The zero-order valence-corrected chi connectivity index (χ0v) is 10.9. The predicted octanol–water partition coefficient (Wildman–Crippen LogP) is -1.21. The van der Waals surface area contributed by atoms with Gasteiger partial charge in [0.1, 0.15) is 6.04 Å². The Morgan fingerprint density at radius 3 is 2.68 bits per heavy atom. The molecule has 106 valence electrons. The van der Waals surface area contributed by atoms with Crippen molar-refractivity contribution in [2.75, 3.05) is 19.6 Å². The molecular weight excluding hydrogens is 250 g/mol. The minimum absolute atomic E-state index is 0.0589. The fourth-order valence-corrected chi connectivity index (χ4v) is 2.67. The Morgan fingerprint density at radius 1 is 1.42 bits per heavy atom. The maximum atomic E-state index is 12.3. The van der Waals surface area contributed by atoms with Crippen LogP contribution >= 0.6 is 0 Å². The van der Waals surface area contributed by atoms with Crippen molar-refractivity contribution < 1.29 is 19.5 Å². The van der Waals surface area contributed by atoms with Crippen LogP contribution in [-0.2, 0) is 14.4 Å². The van der Waals surface area contributed by atoms with Gasteiger partial charge in [-0.05, 0) is 19.8 Å². The quantitative estimate of drug-likeness (QED) is 0.584. The number of amides is 2. The van der Waals surface area contributed by atoms with Gasteiger partial charge in [-0.3, -0.25) is 19.7 Å². The first-order valence-electron chi connectivity index (χ1n) is 6.52. The maximum Gasteiger partial charge on any atom is 0.306 e.